The number of ether oxygens (including phenoxy) is 1. The van der Waals surface area contributed by atoms with Crippen LogP contribution in [0.2, 0.25) is 5.02 Å². The lowest BCUT2D eigenvalue weighted by Gasteiger charge is -2.37. The summed E-state index contributed by atoms with van der Waals surface area (Å²) < 4.78 is 33.4. The molecule has 128 valence electrons. The number of benzene rings is 2. The maximum absolute atomic E-state index is 13.0. The Morgan fingerprint density at radius 3 is 2.50 bits per heavy atom. The Kier molecular flexibility index (Phi) is 5.25. The summed E-state index contributed by atoms with van der Waals surface area (Å²) in [5, 5.41) is 0.246. The van der Waals surface area contributed by atoms with Gasteiger partial charge in [-0.3, -0.25) is 0 Å². The largest absolute Gasteiger partial charge is 0.375 e. The van der Waals surface area contributed by atoms with Crippen LogP contribution in [0, 0.1) is 0 Å². The highest BCUT2D eigenvalue weighted by Crippen LogP contribution is 2.28. The molecule has 0 spiro atoms. The van der Waals surface area contributed by atoms with Crippen LogP contribution in [-0.2, 0) is 21.2 Å². The predicted octanol–water partition coefficient (Wildman–Crippen LogP) is 3.36. The summed E-state index contributed by atoms with van der Waals surface area (Å²) in [6.45, 7) is 2.55. The predicted molar refractivity (Wildman–Crippen MR) is 94.7 cm³/mol. The van der Waals surface area contributed by atoms with Gasteiger partial charge >= 0.3 is 0 Å². The monoisotopic (exact) mass is 365 g/mol. The summed E-state index contributed by atoms with van der Waals surface area (Å²) in [7, 11) is -3.65. The van der Waals surface area contributed by atoms with Gasteiger partial charge in [-0.25, -0.2) is 8.42 Å². The zero-order valence-corrected chi connectivity index (χ0v) is 15.0. The van der Waals surface area contributed by atoms with Crippen molar-refractivity contribution in [3.8, 4) is 0 Å². The molecular formula is C18H20ClNO3S. The lowest BCUT2D eigenvalue weighted by atomic mass is 10.1. The van der Waals surface area contributed by atoms with E-state index in [4.69, 9.17) is 16.3 Å². The quantitative estimate of drug-likeness (QED) is 0.834. The summed E-state index contributed by atoms with van der Waals surface area (Å²) in [5.74, 6) is 0. The Balaban J connectivity index is 1.82. The zero-order chi connectivity index (χ0) is 17.2. The molecule has 0 bridgehead atoms. The van der Waals surface area contributed by atoms with Gasteiger partial charge in [-0.05, 0) is 31.0 Å². The first-order valence-electron chi connectivity index (χ1n) is 7.90. The molecule has 4 nitrogen and oxygen atoms in total. The molecule has 0 amide bonds. The Morgan fingerprint density at radius 2 is 1.79 bits per heavy atom. The van der Waals surface area contributed by atoms with Crippen LogP contribution in [0.25, 0.3) is 0 Å². The van der Waals surface area contributed by atoms with Crippen molar-refractivity contribution in [3.05, 3.63) is 65.2 Å². The first-order valence-corrected chi connectivity index (χ1v) is 9.72. The van der Waals surface area contributed by atoms with Crippen molar-refractivity contribution < 1.29 is 13.2 Å². The van der Waals surface area contributed by atoms with Crippen LogP contribution in [0.5, 0.6) is 0 Å². The van der Waals surface area contributed by atoms with Crippen molar-refractivity contribution in [1.29, 1.82) is 0 Å². The van der Waals surface area contributed by atoms with Crippen molar-refractivity contribution in [2.75, 3.05) is 13.2 Å². The first-order chi connectivity index (χ1) is 11.5. The molecule has 0 aromatic heterocycles. The highest BCUT2D eigenvalue weighted by Gasteiger charge is 2.36. The fourth-order valence-corrected chi connectivity index (χ4v) is 5.05. The Hall–Kier alpha value is -1.40. The van der Waals surface area contributed by atoms with Crippen molar-refractivity contribution >= 4 is 21.6 Å². The third kappa shape index (κ3) is 3.64. The number of hydrogen-bond acceptors (Lipinski definition) is 3. The molecule has 0 aliphatic carbocycles. The Labute approximate surface area is 148 Å². The standard InChI is InChI=1S/C18H20ClNO3S/c1-14-13-23-16(11-15-7-3-2-4-8-15)12-20(14)24(21,22)18-10-6-5-9-17(18)19/h2-10,14,16H,11-13H2,1H3. The number of halogens is 1. The molecule has 2 aromatic rings. The average molecular weight is 366 g/mol. The second-order valence-corrected chi connectivity index (χ2v) is 8.27. The van der Waals surface area contributed by atoms with E-state index in [1.807, 2.05) is 37.3 Å². The molecule has 2 unspecified atom stereocenters. The van der Waals surface area contributed by atoms with Crippen molar-refractivity contribution in [2.45, 2.75) is 30.4 Å². The lowest BCUT2D eigenvalue weighted by Crippen LogP contribution is -2.51. The smallest absolute Gasteiger partial charge is 0.244 e. The molecule has 2 aromatic carbocycles. The van der Waals surface area contributed by atoms with Gasteiger partial charge in [0.1, 0.15) is 4.90 Å². The molecular weight excluding hydrogens is 346 g/mol. The fourth-order valence-electron chi connectivity index (χ4n) is 2.91. The highest BCUT2D eigenvalue weighted by atomic mass is 35.5. The van der Waals surface area contributed by atoms with Crippen LogP contribution in [0.1, 0.15) is 12.5 Å². The minimum absolute atomic E-state index is 0.152. The van der Waals surface area contributed by atoms with Gasteiger partial charge in [0.25, 0.3) is 0 Å². The van der Waals surface area contributed by atoms with Crippen LogP contribution < -0.4 is 0 Å². The van der Waals surface area contributed by atoms with Gasteiger partial charge in [-0.15, -0.1) is 0 Å². The lowest BCUT2D eigenvalue weighted by molar-refractivity contribution is -0.0264. The van der Waals surface area contributed by atoms with E-state index in [9.17, 15) is 8.42 Å². The van der Waals surface area contributed by atoms with Crippen LogP contribution in [0.3, 0.4) is 0 Å². The molecule has 1 fully saturated rings. The van der Waals surface area contributed by atoms with Crippen LogP contribution in [-0.4, -0.2) is 38.0 Å². The molecule has 1 aliphatic heterocycles. The molecule has 24 heavy (non-hydrogen) atoms. The maximum atomic E-state index is 13.0. The van der Waals surface area contributed by atoms with Gasteiger partial charge in [-0.1, -0.05) is 54.1 Å². The van der Waals surface area contributed by atoms with E-state index < -0.39 is 10.0 Å². The van der Waals surface area contributed by atoms with E-state index in [1.165, 1.54) is 4.31 Å². The van der Waals surface area contributed by atoms with Gasteiger partial charge in [0, 0.05) is 12.6 Å². The van der Waals surface area contributed by atoms with E-state index in [1.54, 1.807) is 24.3 Å². The second-order valence-electron chi connectivity index (χ2n) is 6.00. The van der Waals surface area contributed by atoms with Crippen LogP contribution >= 0.6 is 11.6 Å². The third-order valence-corrected chi connectivity index (χ3v) is 6.66. The second kappa shape index (κ2) is 7.23. The van der Waals surface area contributed by atoms with E-state index in [-0.39, 0.29) is 22.1 Å². The molecule has 1 heterocycles. The zero-order valence-electron chi connectivity index (χ0n) is 13.4. The highest BCUT2D eigenvalue weighted by molar-refractivity contribution is 7.89. The topological polar surface area (TPSA) is 46.6 Å². The van der Waals surface area contributed by atoms with Crippen molar-refractivity contribution in [2.24, 2.45) is 0 Å². The summed E-state index contributed by atoms with van der Waals surface area (Å²) in [4.78, 5) is 0.152. The first kappa shape index (κ1) is 17.4. The molecule has 2 atom stereocenters. The van der Waals surface area contributed by atoms with Gasteiger partial charge in [-0.2, -0.15) is 4.31 Å². The number of rotatable bonds is 4. The molecule has 1 saturated heterocycles. The van der Waals surface area contributed by atoms with Crippen molar-refractivity contribution in [3.63, 3.8) is 0 Å². The Morgan fingerprint density at radius 1 is 1.12 bits per heavy atom. The molecule has 3 rings (SSSR count). The molecule has 0 N–H and O–H groups in total. The van der Waals surface area contributed by atoms with Crippen LogP contribution in [0.15, 0.2) is 59.5 Å². The molecule has 6 heteroatoms. The summed E-state index contributed by atoms with van der Waals surface area (Å²) in [6, 6.07) is 16.3. The number of sulfonamides is 1. The summed E-state index contributed by atoms with van der Waals surface area (Å²) >= 11 is 6.10. The van der Waals surface area contributed by atoms with Gasteiger partial charge < -0.3 is 4.74 Å². The summed E-state index contributed by atoms with van der Waals surface area (Å²) in [6.07, 6.45) is 0.517. The fraction of sp³-hybridized carbons (Fsp3) is 0.333. The van der Waals surface area contributed by atoms with Gasteiger partial charge in [0.05, 0.1) is 17.7 Å². The SMILES string of the molecule is CC1COC(Cc2ccccc2)CN1S(=O)(=O)c1ccccc1Cl. The third-order valence-electron chi connectivity index (χ3n) is 4.18. The number of morpholine rings is 1. The maximum Gasteiger partial charge on any atom is 0.244 e. The van der Waals surface area contributed by atoms with E-state index in [2.05, 4.69) is 0 Å². The number of nitrogens with zero attached hydrogens (tertiary/aromatic N) is 1. The van der Waals surface area contributed by atoms with E-state index >= 15 is 0 Å². The van der Waals surface area contributed by atoms with Gasteiger partial charge in [0.2, 0.25) is 10.0 Å². The van der Waals surface area contributed by atoms with Crippen molar-refractivity contribution in [1.82, 2.24) is 4.31 Å². The normalized spacial score (nSPS) is 22.4. The minimum atomic E-state index is -3.65. The molecule has 0 radical (unpaired) electrons. The van der Waals surface area contributed by atoms with Gasteiger partial charge in [0.15, 0.2) is 0 Å². The average Bonchev–Trinajstić information content (AvgIpc) is 2.57. The summed E-state index contributed by atoms with van der Waals surface area (Å²) in [5.41, 5.74) is 1.13. The van der Waals surface area contributed by atoms with E-state index in [0.29, 0.717) is 19.6 Å². The number of hydrogen-bond donors (Lipinski definition) is 0. The Bertz CT molecular complexity index is 795. The minimum Gasteiger partial charge on any atom is -0.375 e. The van der Waals surface area contributed by atoms with Crippen LogP contribution in [0.4, 0.5) is 0 Å². The molecule has 0 saturated carbocycles. The molecule has 1 aliphatic rings. The van der Waals surface area contributed by atoms with E-state index in [0.717, 1.165) is 5.56 Å².